The van der Waals surface area contributed by atoms with E-state index in [2.05, 4.69) is 65.4 Å². The molecule has 1 fully saturated rings. The largest absolute Gasteiger partial charge is 0.491 e. The molecule has 5 aromatic heterocycles. The minimum absolute atomic E-state index is 0.672. The van der Waals surface area contributed by atoms with Crippen molar-refractivity contribution in [3.05, 3.63) is 79.4 Å². The number of likely N-dealkylation sites (tertiary alicyclic amines) is 1. The molecule has 1 saturated heterocycles. The average molecular weight is 502 g/mol. The first-order chi connectivity index (χ1) is 18.8. The highest BCUT2D eigenvalue weighted by molar-refractivity contribution is 6.00. The van der Waals surface area contributed by atoms with Gasteiger partial charge in [0.2, 0.25) is 0 Å². The van der Waals surface area contributed by atoms with E-state index in [0.29, 0.717) is 6.61 Å². The number of ether oxygens (including phenoxy) is 1. The van der Waals surface area contributed by atoms with E-state index < -0.39 is 0 Å². The molecule has 0 unspecified atom stereocenters. The Bertz CT molecular complexity index is 1720. The van der Waals surface area contributed by atoms with Gasteiger partial charge in [-0.1, -0.05) is 12.1 Å². The first kappa shape index (κ1) is 22.6. The molecule has 8 heteroatoms. The maximum absolute atomic E-state index is 6.04. The van der Waals surface area contributed by atoms with Crippen molar-refractivity contribution in [3.63, 3.8) is 0 Å². The second kappa shape index (κ2) is 9.72. The molecule has 0 saturated carbocycles. The quantitative estimate of drug-likeness (QED) is 0.291. The molecule has 6 aromatic rings. The number of nitrogens with one attached hydrogen (secondary N) is 2. The summed E-state index contributed by atoms with van der Waals surface area (Å²) in [6, 6.07) is 18.4. The number of pyridine rings is 3. The number of nitrogens with zero attached hydrogens (tertiary/aromatic N) is 5. The molecular weight excluding hydrogens is 474 g/mol. The van der Waals surface area contributed by atoms with Gasteiger partial charge in [0, 0.05) is 47.0 Å². The fourth-order valence-electron chi connectivity index (χ4n) is 5.25. The maximum atomic E-state index is 6.04. The zero-order chi connectivity index (χ0) is 25.3. The van der Waals surface area contributed by atoms with Gasteiger partial charge in [-0.3, -0.25) is 20.0 Å². The molecule has 0 spiro atoms. The standard InChI is InChI=1S/C30H27N7O/c1-2-9-32-26(5-1)23-8-10-33-30-24(23)17-28(34-30)29-25-16-20(6-7-27(25)35-36-29)21-15-22(19-31-18-21)38-14-13-37-11-3-4-12-37/h1-2,5-10,15-19H,3-4,11-14H2,(H,33,34)(H,35,36). The van der Waals surface area contributed by atoms with E-state index in [1.54, 1.807) is 18.6 Å². The fraction of sp³-hybridized carbons (Fsp3) is 0.200. The van der Waals surface area contributed by atoms with Crippen LogP contribution in [-0.4, -0.2) is 61.3 Å². The summed E-state index contributed by atoms with van der Waals surface area (Å²) in [5, 5.41) is 9.86. The molecule has 0 atom stereocenters. The lowest BCUT2D eigenvalue weighted by Gasteiger charge is -2.15. The second-order valence-corrected chi connectivity index (χ2v) is 9.66. The summed E-state index contributed by atoms with van der Waals surface area (Å²) in [4.78, 5) is 19.4. The van der Waals surface area contributed by atoms with Crippen LogP contribution in [0.4, 0.5) is 0 Å². The van der Waals surface area contributed by atoms with Crippen molar-refractivity contribution in [3.8, 4) is 39.5 Å². The van der Waals surface area contributed by atoms with Gasteiger partial charge in [-0.25, -0.2) is 4.98 Å². The van der Waals surface area contributed by atoms with Gasteiger partial charge in [0.15, 0.2) is 0 Å². The van der Waals surface area contributed by atoms with Gasteiger partial charge in [0.1, 0.15) is 23.7 Å². The van der Waals surface area contributed by atoms with E-state index in [1.807, 2.05) is 30.5 Å². The van der Waals surface area contributed by atoms with Crippen LogP contribution in [0.1, 0.15) is 12.8 Å². The highest BCUT2D eigenvalue weighted by Gasteiger charge is 2.16. The normalized spacial score (nSPS) is 14.0. The third kappa shape index (κ3) is 4.29. The molecular formula is C30H27N7O. The Morgan fingerprint density at radius 2 is 1.82 bits per heavy atom. The first-order valence-corrected chi connectivity index (χ1v) is 13.0. The van der Waals surface area contributed by atoms with Gasteiger partial charge in [-0.2, -0.15) is 5.10 Å². The van der Waals surface area contributed by atoms with Crippen LogP contribution in [0.15, 0.2) is 79.4 Å². The van der Waals surface area contributed by atoms with Crippen molar-refractivity contribution in [2.24, 2.45) is 0 Å². The molecule has 0 amide bonds. The van der Waals surface area contributed by atoms with Gasteiger partial charge in [-0.05, 0) is 74.0 Å². The van der Waals surface area contributed by atoms with Crippen molar-refractivity contribution in [1.29, 1.82) is 0 Å². The molecule has 188 valence electrons. The lowest BCUT2D eigenvalue weighted by Crippen LogP contribution is -2.25. The van der Waals surface area contributed by atoms with Crippen molar-refractivity contribution in [1.82, 2.24) is 35.0 Å². The SMILES string of the molecule is c1ccc(-c2ccnc3[nH]c(-c4n[nH]c5ccc(-c6cncc(OCCN7CCCC7)c6)cc45)cc23)nc1. The summed E-state index contributed by atoms with van der Waals surface area (Å²) in [5.74, 6) is 0.790. The summed E-state index contributed by atoms with van der Waals surface area (Å²) in [7, 11) is 0. The van der Waals surface area contributed by atoms with E-state index in [9.17, 15) is 0 Å². The van der Waals surface area contributed by atoms with Crippen LogP contribution in [0.2, 0.25) is 0 Å². The molecule has 0 bridgehead atoms. The van der Waals surface area contributed by atoms with Crippen molar-refractivity contribution in [2.75, 3.05) is 26.2 Å². The number of aromatic amines is 2. The van der Waals surface area contributed by atoms with Crippen LogP contribution in [0.5, 0.6) is 5.75 Å². The summed E-state index contributed by atoms with van der Waals surface area (Å²) in [6.45, 7) is 3.97. The number of H-pyrrole nitrogens is 2. The Morgan fingerprint density at radius 3 is 2.71 bits per heavy atom. The maximum Gasteiger partial charge on any atom is 0.138 e. The topological polar surface area (TPSA) is 95.6 Å². The second-order valence-electron chi connectivity index (χ2n) is 9.66. The van der Waals surface area contributed by atoms with E-state index in [4.69, 9.17) is 4.74 Å². The number of aromatic nitrogens is 6. The zero-order valence-corrected chi connectivity index (χ0v) is 20.9. The van der Waals surface area contributed by atoms with Gasteiger partial charge in [0.25, 0.3) is 0 Å². The van der Waals surface area contributed by atoms with Crippen LogP contribution in [0.25, 0.3) is 55.7 Å². The van der Waals surface area contributed by atoms with Crippen LogP contribution >= 0.6 is 0 Å². The molecule has 6 heterocycles. The highest BCUT2D eigenvalue weighted by Crippen LogP contribution is 2.34. The molecule has 38 heavy (non-hydrogen) atoms. The summed E-state index contributed by atoms with van der Waals surface area (Å²) in [6.07, 6.45) is 9.85. The Balaban J connectivity index is 1.20. The average Bonchev–Trinajstić information content (AvgIpc) is 3.73. The predicted octanol–water partition coefficient (Wildman–Crippen LogP) is 5.70. The monoisotopic (exact) mass is 501 g/mol. The molecule has 2 N–H and O–H groups in total. The number of hydrogen-bond acceptors (Lipinski definition) is 6. The van der Waals surface area contributed by atoms with Crippen molar-refractivity contribution < 1.29 is 4.74 Å². The molecule has 0 radical (unpaired) electrons. The highest BCUT2D eigenvalue weighted by atomic mass is 16.5. The summed E-state index contributed by atoms with van der Waals surface area (Å²) >= 11 is 0. The van der Waals surface area contributed by atoms with E-state index in [-0.39, 0.29) is 0 Å². The van der Waals surface area contributed by atoms with Crippen LogP contribution in [0, 0.1) is 0 Å². The Kier molecular flexibility index (Phi) is 5.79. The van der Waals surface area contributed by atoms with E-state index in [1.165, 1.54) is 25.9 Å². The van der Waals surface area contributed by atoms with Gasteiger partial charge >= 0.3 is 0 Å². The van der Waals surface area contributed by atoms with Crippen LogP contribution in [0.3, 0.4) is 0 Å². The number of fused-ring (bicyclic) bond motifs is 2. The van der Waals surface area contributed by atoms with Crippen molar-refractivity contribution in [2.45, 2.75) is 12.8 Å². The third-order valence-corrected chi connectivity index (χ3v) is 7.21. The minimum atomic E-state index is 0.672. The Morgan fingerprint density at radius 1 is 0.868 bits per heavy atom. The number of hydrogen-bond donors (Lipinski definition) is 2. The zero-order valence-electron chi connectivity index (χ0n) is 20.9. The third-order valence-electron chi connectivity index (χ3n) is 7.21. The number of benzene rings is 1. The Hall–Kier alpha value is -4.56. The smallest absolute Gasteiger partial charge is 0.138 e. The van der Waals surface area contributed by atoms with Crippen LogP contribution < -0.4 is 4.74 Å². The molecule has 0 aliphatic carbocycles. The molecule has 8 nitrogen and oxygen atoms in total. The van der Waals surface area contributed by atoms with E-state index >= 15 is 0 Å². The predicted molar refractivity (Wildman–Crippen MR) is 149 cm³/mol. The van der Waals surface area contributed by atoms with Gasteiger partial charge in [0.05, 0.1) is 23.1 Å². The molecule has 1 aliphatic rings. The summed E-state index contributed by atoms with van der Waals surface area (Å²) in [5.41, 5.74) is 7.52. The molecule has 7 rings (SSSR count). The lowest BCUT2D eigenvalue weighted by atomic mass is 10.0. The Labute approximate surface area is 219 Å². The van der Waals surface area contributed by atoms with Crippen LogP contribution in [-0.2, 0) is 0 Å². The van der Waals surface area contributed by atoms with Crippen molar-refractivity contribution >= 4 is 21.9 Å². The number of rotatable bonds is 7. The van der Waals surface area contributed by atoms with Gasteiger partial charge < -0.3 is 9.72 Å². The summed E-state index contributed by atoms with van der Waals surface area (Å²) < 4.78 is 6.04. The molecule has 1 aromatic carbocycles. The molecule has 1 aliphatic heterocycles. The van der Waals surface area contributed by atoms with E-state index in [0.717, 1.165) is 68.0 Å². The first-order valence-electron chi connectivity index (χ1n) is 13.0. The minimum Gasteiger partial charge on any atom is -0.491 e. The lowest BCUT2D eigenvalue weighted by molar-refractivity contribution is 0.237. The fourth-order valence-corrected chi connectivity index (χ4v) is 5.25. The van der Waals surface area contributed by atoms with Gasteiger partial charge in [-0.15, -0.1) is 0 Å².